The van der Waals surface area contributed by atoms with Crippen LogP contribution in [0.5, 0.6) is 0 Å². The van der Waals surface area contributed by atoms with Gasteiger partial charge in [-0.25, -0.2) is 8.78 Å². The summed E-state index contributed by atoms with van der Waals surface area (Å²) >= 11 is 0. The zero-order valence-corrected chi connectivity index (χ0v) is 7.91. The van der Waals surface area contributed by atoms with Crippen molar-refractivity contribution < 1.29 is 13.7 Å². The standard InChI is InChI=1S/C8H9F2N3O2/c1-4-6(2-11)12-3-5(8(9)10)7(4)13(14)15/h3,8H,2,11H2,1H3. The average molecular weight is 217 g/mol. The quantitative estimate of drug-likeness (QED) is 0.617. The van der Waals surface area contributed by atoms with E-state index in [1.165, 1.54) is 6.92 Å². The highest BCUT2D eigenvalue weighted by molar-refractivity contribution is 5.48. The Morgan fingerprint density at radius 2 is 2.27 bits per heavy atom. The molecule has 0 saturated heterocycles. The Bertz CT molecular complexity index is 396. The van der Waals surface area contributed by atoms with E-state index in [1.54, 1.807) is 0 Å². The molecule has 0 fully saturated rings. The molecule has 0 atom stereocenters. The first-order chi connectivity index (χ1) is 6.99. The fourth-order valence-corrected chi connectivity index (χ4v) is 1.27. The second-order valence-electron chi connectivity index (χ2n) is 2.90. The molecule has 1 aromatic rings. The molecule has 0 unspecified atom stereocenters. The van der Waals surface area contributed by atoms with E-state index in [4.69, 9.17) is 5.73 Å². The molecular weight excluding hydrogens is 208 g/mol. The Kier molecular flexibility index (Phi) is 3.25. The molecule has 0 aromatic carbocycles. The summed E-state index contributed by atoms with van der Waals surface area (Å²) in [6, 6.07) is 0. The van der Waals surface area contributed by atoms with E-state index in [0.717, 1.165) is 6.20 Å². The molecule has 0 saturated carbocycles. The monoisotopic (exact) mass is 217 g/mol. The molecule has 5 nitrogen and oxygen atoms in total. The lowest BCUT2D eigenvalue weighted by Crippen LogP contribution is -2.08. The van der Waals surface area contributed by atoms with E-state index in [9.17, 15) is 18.9 Å². The Hall–Kier alpha value is -1.63. The van der Waals surface area contributed by atoms with Crippen LogP contribution in [0.1, 0.15) is 23.2 Å². The van der Waals surface area contributed by atoms with Gasteiger partial charge in [0.25, 0.3) is 12.1 Å². The van der Waals surface area contributed by atoms with Gasteiger partial charge in [-0.05, 0) is 6.92 Å². The highest BCUT2D eigenvalue weighted by atomic mass is 19.3. The first-order valence-corrected chi connectivity index (χ1v) is 4.10. The predicted octanol–water partition coefficient (Wildman–Crippen LogP) is 1.69. The Morgan fingerprint density at radius 1 is 1.67 bits per heavy atom. The number of alkyl halides is 2. The fraction of sp³-hybridized carbons (Fsp3) is 0.375. The zero-order chi connectivity index (χ0) is 11.6. The molecule has 0 spiro atoms. The number of rotatable bonds is 3. The molecule has 15 heavy (non-hydrogen) atoms. The van der Waals surface area contributed by atoms with Crippen LogP contribution in [0.15, 0.2) is 6.20 Å². The van der Waals surface area contributed by atoms with Gasteiger partial charge in [0.15, 0.2) is 0 Å². The van der Waals surface area contributed by atoms with Crippen molar-refractivity contribution in [2.24, 2.45) is 5.73 Å². The van der Waals surface area contributed by atoms with E-state index >= 15 is 0 Å². The van der Waals surface area contributed by atoms with Gasteiger partial charge < -0.3 is 5.73 Å². The van der Waals surface area contributed by atoms with Gasteiger partial charge in [0.05, 0.1) is 16.2 Å². The van der Waals surface area contributed by atoms with Crippen molar-refractivity contribution in [1.82, 2.24) is 4.98 Å². The van der Waals surface area contributed by atoms with E-state index in [-0.39, 0.29) is 17.8 Å². The highest BCUT2D eigenvalue weighted by Crippen LogP contribution is 2.31. The number of aromatic nitrogens is 1. The minimum absolute atomic E-state index is 0.0177. The van der Waals surface area contributed by atoms with E-state index in [1.807, 2.05) is 0 Å². The van der Waals surface area contributed by atoms with Crippen LogP contribution in [0.3, 0.4) is 0 Å². The van der Waals surface area contributed by atoms with Crippen molar-refractivity contribution >= 4 is 5.69 Å². The molecule has 0 amide bonds. The molecule has 1 rings (SSSR count). The SMILES string of the molecule is Cc1c(CN)ncc(C(F)F)c1[N+](=O)[O-]. The molecule has 0 aliphatic heterocycles. The van der Waals surface area contributed by atoms with Crippen molar-refractivity contribution in [3.05, 3.63) is 33.1 Å². The van der Waals surface area contributed by atoms with E-state index in [2.05, 4.69) is 4.98 Å². The molecule has 1 aromatic heterocycles. The fourth-order valence-electron chi connectivity index (χ4n) is 1.27. The maximum absolute atomic E-state index is 12.4. The summed E-state index contributed by atoms with van der Waals surface area (Å²) in [5, 5.41) is 10.6. The summed E-state index contributed by atoms with van der Waals surface area (Å²) in [6.45, 7) is 1.34. The summed E-state index contributed by atoms with van der Waals surface area (Å²) in [5.41, 5.74) is 4.36. The van der Waals surface area contributed by atoms with Crippen molar-refractivity contribution in [2.75, 3.05) is 0 Å². The number of nitrogens with two attached hydrogens (primary N) is 1. The Labute approximate surface area is 84.1 Å². The molecule has 0 bridgehead atoms. The number of hydrogen-bond acceptors (Lipinski definition) is 4. The highest BCUT2D eigenvalue weighted by Gasteiger charge is 2.26. The maximum atomic E-state index is 12.4. The third-order valence-electron chi connectivity index (χ3n) is 2.03. The molecule has 0 radical (unpaired) electrons. The van der Waals surface area contributed by atoms with E-state index in [0.29, 0.717) is 0 Å². The lowest BCUT2D eigenvalue weighted by molar-refractivity contribution is -0.387. The summed E-state index contributed by atoms with van der Waals surface area (Å²) in [5.74, 6) is 0. The number of nitrogens with zero attached hydrogens (tertiary/aromatic N) is 2. The van der Waals surface area contributed by atoms with Crippen LogP contribution in [0.2, 0.25) is 0 Å². The van der Waals surface area contributed by atoms with Gasteiger partial charge in [-0.15, -0.1) is 0 Å². The van der Waals surface area contributed by atoms with Crippen molar-refractivity contribution in [3.63, 3.8) is 0 Å². The van der Waals surface area contributed by atoms with Crippen LogP contribution in [0, 0.1) is 17.0 Å². The summed E-state index contributed by atoms with van der Waals surface area (Å²) in [7, 11) is 0. The van der Waals surface area contributed by atoms with Crippen LogP contribution in [0.25, 0.3) is 0 Å². The summed E-state index contributed by atoms with van der Waals surface area (Å²) in [4.78, 5) is 13.4. The summed E-state index contributed by atoms with van der Waals surface area (Å²) < 4.78 is 24.9. The molecular formula is C8H9F2N3O2. The third-order valence-corrected chi connectivity index (χ3v) is 2.03. The average Bonchev–Trinajstić information content (AvgIpc) is 2.16. The first kappa shape index (κ1) is 11.4. The minimum atomic E-state index is -2.91. The largest absolute Gasteiger partial charge is 0.325 e. The summed E-state index contributed by atoms with van der Waals surface area (Å²) in [6.07, 6.45) is -2.11. The van der Waals surface area contributed by atoms with Crippen molar-refractivity contribution in [3.8, 4) is 0 Å². The number of nitro groups is 1. The minimum Gasteiger partial charge on any atom is -0.325 e. The van der Waals surface area contributed by atoms with Gasteiger partial charge in [0, 0.05) is 12.7 Å². The van der Waals surface area contributed by atoms with Gasteiger partial charge in [0.2, 0.25) is 0 Å². The molecule has 1 heterocycles. The Balaban J connectivity index is 3.44. The molecule has 0 aliphatic carbocycles. The lowest BCUT2D eigenvalue weighted by atomic mass is 10.1. The zero-order valence-electron chi connectivity index (χ0n) is 7.91. The molecule has 0 aliphatic rings. The third kappa shape index (κ3) is 2.07. The lowest BCUT2D eigenvalue weighted by Gasteiger charge is -2.07. The second kappa shape index (κ2) is 4.26. The van der Waals surface area contributed by atoms with Crippen molar-refractivity contribution in [1.29, 1.82) is 0 Å². The molecule has 82 valence electrons. The van der Waals surface area contributed by atoms with Gasteiger partial charge in [0.1, 0.15) is 5.56 Å². The van der Waals surface area contributed by atoms with Crippen LogP contribution in [-0.4, -0.2) is 9.91 Å². The van der Waals surface area contributed by atoms with E-state index < -0.39 is 22.6 Å². The van der Waals surface area contributed by atoms with Gasteiger partial charge in [-0.2, -0.15) is 0 Å². The number of pyridine rings is 1. The van der Waals surface area contributed by atoms with Crippen LogP contribution < -0.4 is 5.73 Å². The predicted molar refractivity (Wildman–Crippen MR) is 48.5 cm³/mol. The normalized spacial score (nSPS) is 10.7. The Morgan fingerprint density at radius 3 is 2.67 bits per heavy atom. The van der Waals surface area contributed by atoms with Crippen LogP contribution in [-0.2, 0) is 6.54 Å². The molecule has 7 heteroatoms. The maximum Gasteiger partial charge on any atom is 0.284 e. The van der Waals surface area contributed by atoms with Crippen LogP contribution in [0.4, 0.5) is 14.5 Å². The number of hydrogen-bond donors (Lipinski definition) is 1. The number of halogens is 2. The van der Waals surface area contributed by atoms with Crippen molar-refractivity contribution in [2.45, 2.75) is 19.9 Å². The van der Waals surface area contributed by atoms with Gasteiger partial charge in [-0.1, -0.05) is 0 Å². The second-order valence-corrected chi connectivity index (χ2v) is 2.90. The van der Waals surface area contributed by atoms with Gasteiger partial charge >= 0.3 is 0 Å². The first-order valence-electron chi connectivity index (χ1n) is 4.10. The smallest absolute Gasteiger partial charge is 0.284 e. The van der Waals surface area contributed by atoms with Crippen LogP contribution >= 0.6 is 0 Å². The molecule has 2 N–H and O–H groups in total. The van der Waals surface area contributed by atoms with Gasteiger partial charge in [-0.3, -0.25) is 15.1 Å². The topological polar surface area (TPSA) is 82.0 Å².